The van der Waals surface area contributed by atoms with Crippen LogP contribution in [0.15, 0.2) is 42.5 Å². The molecule has 0 aliphatic carbocycles. The highest BCUT2D eigenvalue weighted by Crippen LogP contribution is 2.25. The minimum absolute atomic E-state index is 0.138. The fourth-order valence-corrected chi connectivity index (χ4v) is 4.50. The number of aryl methyl sites for hydroxylation is 1. The zero-order valence-corrected chi connectivity index (χ0v) is 19.2. The van der Waals surface area contributed by atoms with Crippen molar-refractivity contribution < 1.29 is 18.0 Å². The monoisotopic (exact) mass is 463 g/mol. The minimum Gasteiger partial charge on any atom is -0.350 e. The summed E-state index contributed by atoms with van der Waals surface area (Å²) in [6, 6.07) is 12.5. The van der Waals surface area contributed by atoms with Crippen molar-refractivity contribution in [3.05, 3.63) is 64.2 Å². The number of nitrogens with one attached hydrogen (secondary N) is 1. The second kappa shape index (κ2) is 9.70. The van der Waals surface area contributed by atoms with E-state index in [1.165, 1.54) is 6.07 Å². The van der Waals surface area contributed by atoms with Crippen LogP contribution in [0, 0.1) is 6.92 Å². The average Bonchev–Trinajstić information content (AvgIpc) is 3.11. The molecule has 1 fully saturated rings. The lowest BCUT2D eigenvalue weighted by molar-refractivity contribution is -0.128. The van der Waals surface area contributed by atoms with Gasteiger partial charge in [-0.1, -0.05) is 41.9 Å². The van der Waals surface area contributed by atoms with Crippen LogP contribution in [-0.4, -0.2) is 44.5 Å². The molecule has 2 amide bonds. The number of amides is 2. The molecule has 7 nitrogen and oxygen atoms in total. The number of anilines is 1. The molecule has 9 heteroatoms. The lowest BCUT2D eigenvalue weighted by atomic mass is 10.1. The van der Waals surface area contributed by atoms with Crippen LogP contribution < -0.4 is 9.62 Å². The fourth-order valence-electron chi connectivity index (χ4n) is 3.48. The smallest absolute Gasteiger partial charge is 0.241 e. The first-order chi connectivity index (χ1) is 14.6. The van der Waals surface area contributed by atoms with Crippen LogP contribution in [0.1, 0.15) is 29.5 Å². The second-order valence-electron chi connectivity index (χ2n) is 7.67. The Morgan fingerprint density at radius 2 is 1.90 bits per heavy atom. The first-order valence-corrected chi connectivity index (χ1v) is 12.2. The van der Waals surface area contributed by atoms with E-state index in [-0.39, 0.29) is 19.0 Å². The number of carbonyl (C=O) groups excluding carboxylic acids is 2. The zero-order chi connectivity index (χ0) is 22.6. The predicted octanol–water partition coefficient (Wildman–Crippen LogP) is 2.85. The van der Waals surface area contributed by atoms with E-state index in [4.69, 9.17) is 11.6 Å². The summed E-state index contributed by atoms with van der Waals surface area (Å²) in [5.74, 6) is -0.298. The summed E-state index contributed by atoms with van der Waals surface area (Å²) in [5, 5.41) is 3.22. The molecule has 31 heavy (non-hydrogen) atoms. The Balaban J connectivity index is 1.68. The number of carbonyl (C=O) groups is 2. The number of sulfonamides is 1. The number of rotatable bonds is 8. The first-order valence-electron chi connectivity index (χ1n) is 10.0. The first kappa shape index (κ1) is 23.1. The molecule has 0 aromatic heterocycles. The Morgan fingerprint density at radius 3 is 2.52 bits per heavy atom. The molecule has 0 unspecified atom stereocenters. The van der Waals surface area contributed by atoms with Gasteiger partial charge in [0.2, 0.25) is 21.8 Å². The standard InChI is InChI=1S/C22H26ClN3O4S/c1-16-9-10-19(12-20(16)23)26(31(2,29)30)15-21(27)24-13-17-6-3-4-7-18(17)14-25-11-5-8-22(25)28/h3-4,6-7,9-10,12H,5,8,11,13-15H2,1-2H3,(H,24,27). The SMILES string of the molecule is Cc1ccc(N(CC(=O)NCc2ccccc2CN2CCCC2=O)S(C)(=O)=O)cc1Cl. The van der Waals surface area contributed by atoms with E-state index in [1.54, 1.807) is 12.1 Å². The molecule has 1 N–H and O–H groups in total. The summed E-state index contributed by atoms with van der Waals surface area (Å²) in [6.07, 6.45) is 2.49. The molecule has 3 rings (SSSR count). The van der Waals surface area contributed by atoms with Gasteiger partial charge in [-0.2, -0.15) is 0 Å². The van der Waals surface area contributed by atoms with Crippen LogP contribution in [-0.2, 0) is 32.7 Å². The van der Waals surface area contributed by atoms with Crippen LogP contribution in [0.25, 0.3) is 0 Å². The number of hydrogen-bond acceptors (Lipinski definition) is 4. The Hall–Kier alpha value is -2.58. The van der Waals surface area contributed by atoms with Gasteiger partial charge in [-0.15, -0.1) is 0 Å². The van der Waals surface area contributed by atoms with Crippen molar-refractivity contribution in [2.24, 2.45) is 0 Å². The van der Waals surface area contributed by atoms with Gasteiger partial charge in [0.1, 0.15) is 6.54 Å². The van der Waals surface area contributed by atoms with Crippen molar-refractivity contribution >= 4 is 39.1 Å². The van der Waals surface area contributed by atoms with Gasteiger partial charge in [0, 0.05) is 31.1 Å². The van der Waals surface area contributed by atoms with Gasteiger partial charge in [-0.3, -0.25) is 13.9 Å². The third-order valence-corrected chi connectivity index (χ3v) is 6.81. The summed E-state index contributed by atoms with van der Waals surface area (Å²) in [4.78, 5) is 26.3. The lowest BCUT2D eigenvalue weighted by Gasteiger charge is -2.23. The molecule has 1 aliphatic rings. The largest absolute Gasteiger partial charge is 0.350 e. The van der Waals surface area contributed by atoms with Crippen LogP contribution >= 0.6 is 11.6 Å². The van der Waals surface area contributed by atoms with Gasteiger partial charge in [-0.25, -0.2) is 8.42 Å². The molecular formula is C22H26ClN3O4S. The number of benzene rings is 2. The Bertz CT molecular complexity index is 1090. The Morgan fingerprint density at radius 1 is 1.19 bits per heavy atom. The number of halogens is 1. The molecule has 0 spiro atoms. The Kier molecular flexibility index (Phi) is 7.23. The molecule has 0 atom stereocenters. The molecule has 0 saturated carbocycles. The van der Waals surface area contributed by atoms with Gasteiger partial charge in [0.15, 0.2) is 0 Å². The Labute approximate surface area is 188 Å². The van der Waals surface area contributed by atoms with Gasteiger partial charge < -0.3 is 10.2 Å². The zero-order valence-electron chi connectivity index (χ0n) is 17.6. The summed E-state index contributed by atoms with van der Waals surface area (Å²) in [6.45, 7) is 2.94. The second-order valence-corrected chi connectivity index (χ2v) is 9.98. The van der Waals surface area contributed by atoms with Crippen molar-refractivity contribution in [2.45, 2.75) is 32.9 Å². The molecule has 1 aliphatic heterocycles. The van der Waals surface area contributed by atoms with Gasteiger partial charge >= 0.3 is 0 Å². The van der Waals surface area contributed by atoms with Gasteiger partial charge in [0.25, 0.3) is 0 Å². The quantitative estimate of drug-likeness (QED) is 0.652. The van der Waals surface area contributed by atoms with E-state index in [0.29, 0.717) is 23.7 Å². The molecule has 2 aromatic carbocycles. The molecule has 1 saturated heterocycles. The highest BCUT2D eigenvalue weighted by molar-refractivity contribution is 7.92. The van der Waals surface area contributed by atoms with Crippen molar-refractivity contribution in [1.29, 1.82) is 0 Å². The molecule has 166 valence electrons. The summed E-state index contributed by atoms with van der Waals surface area (Å²) >= 11 is 6.13. The van der Waals surface area contributed by atoms with E-state index < -0.39 is 15.9 Å². The maximum absolute atomic E-state index is 12.6. The average molecular weight is 464 g/mol. The van der Waals surface area contributed by atoms with Crippen molar-refractivity contribution in [1.82, 2.24) is 10.2 Å². The van der Waals surface area contributed by atoms with E-state index in [0.717, 1.165) is 40.2 Å². The third kappa shape index (κ3) is 5.98. The van der Waals surface area contributed by atoms with Crippen LogP contribution in [0.3, 0.4) is 0 Å². The maximum atomic E-state index is 12.6. The minimum atomic E-state index is -3.69. The highest BCUT2D eigenvalue weighted by atomic mass is 35.5. The highest BCUT2D eigenvalue weighted by Gasteiger charge is 2.23. The number of hydrogen-bond donors (Lipinski definition) is 1. The molecule has 0 bridgehead atoms. The van der Waals surface area contributed by atoms with Crippen molar-refractivity contribution in [2.75, 3.05) is 23.7 Å². The third-order valence-electron chi connectivity index (χ3n) is 5.26. The molecular weight excluding hydrogens is 438 g/mol. The van der Waals surface area contributed by atoms with E-state index in [2.05, 4.69) is 5.32 Å². The predicted molar refractivity (Wildman–Crippen MR) is 121 cm³/mol. The summed E-state index contributed by atoms with van der Waals surface area (Å²) in [7, 11) is -3.69. The van der Waals surface area contributed by atoms with Crippen LogP contribution in [0.2, 0.25) is 5.02 Å². The molecule has 1 heterocycles. The number of likely N-dealkylation sites (tertiary alicyclic amines) is 1. The van der Waals surface area contributed by atoms with E-state index >= 15 is 0 Å². The van der Waals surface area contributed by atoms with E-state index in [1.807, 2.05) is 36.1 Å². The normalized spacial score (nSPS) is 14.0. The summed E-state index contributed by atoms with van der Waals surface area (Å²) in [5.41, 5.74) is 3.00. The van der Waals surface area contributed by atoms with Gasteiger partial charge in [-0.05, 0) is 42.2 Å². The molecule has 2 aromatic rings. The van der Waals surface area contributed by atoms with Gasteiger partial charge in [0.05, 0.1) is 11.9 Å². The topological polar surface area (TPSA) is 86.8 Å². The maximum Gasteiger partial charge on any atom is 0.241 e. The van der Waals surface area contributed by atoms with Crippen molar-refractivity contribution in [3.8, 4) is 0 Å². The summed E-state index contributed by atoms with van der Waals surface area (Å²) < 4.78 is 25.6. The lowest BCUT2D eigenvalue weighted by Crippen LogP contribution is -2.40. The van der Waals surface area contributed by atoms with Crippen molar-refractivity contribution in [3.63, 3.8) is 0 Å². The molecule has 0 radical (unpaired) electrons. The number of nitrogens with zero attached hydrogens (tertiary/aromatic N) is 2. The van der Waals surface area contributed by atoms with E-state index in [9.17, 15) is 18.0 Å². The fraction of sp³-hybridized carbons (Fsp3) is 0.364. The van der Waals surface area contributed by atoms with Crippen LogP contribution in [0.5, 0.6) is 0 Å². The van der Waals surface area contributed by atoms with Crippen LogP contribution in [0.4, 0.5) is 5.69 Å².